The minimum atomic E-state index is 0.376. The Balaban J connectivity index is 0.00000106. The predicted molar refractivity (Wildman–Crippen MR) is 71.4 cm³/mol. The summed E-state index contributed by atoms with van der Waals surface area (Å²) >= 11 is 0. The quantitative estimate of drug-likeness (QED) is 0.357. The summed E-state index contributed by atoms with van der Waals surface area (Å²) in [5, 5.41) is 3.45. The molecule has 0 aliphatic rings. The van der Waals surface area contributed by atoms with Crippen molar-refractivity contribution in [1.82, 2.24) is 0 Å². The van der Waals surface area contributed by atoms with Crippen LogP contribution in [-0.4, -0.2) is 5.84 Å². The smallest absolute Gasteiger partial charge is 0.150 e. The van der Waals surface area contributed by atoms with E-state index in [4.69, 9.17) is 11.6 Å². The molecule has 1 unspecified atom stereocenters. The molecule has 0 amide bonds. The highest BCUT2D eigenvalue weighted by molar-refractivity contribution is 5.97. The lowest BCUT2D eigenvalue weighted by Crippen LogP contribution is -2.15. The minimum absolute atomic E-state index is 0.376. The molecule has 1 aromatic rings. The van der Waals surface area contributed by atoms with E-state index in [-0.39, 0.29) is 0 Å². The molecular formula is C13H23N3. The lowest BCUT2D eigenvalue weighted by Gasteiger charge is -2.09. The van der Waals surface area contributed by atoms with E-state index in [1.807, 2.05) is 26.0 Å². The maximum absolute atomic E-state index is 5.58. The van der Waals surface area contributed by atoms with Crippen LogP contribution in [0, 0.1) is 0 Å². The first-order valence-electron chi connectivity index (χ1n) is 5.82. The summed E-state index contributed by atoms with van der Waals surface area (Å²) < 4.78 is 0. The molecule has 0 heterocycles. The molecule has 0 aliphatic carbocycles. The summed E-state index contributed by atoms with van der Waals surface area (Å²) in [4.78, 5) is 0. The minimum Gasteiger partial charge on any atom is -0.382 e. The molecule has 4 N–H and O–H groups in total. The molecule has 0 fully saturated rings. The van der Waals surface area contributed by atoms with E-state index in [0.717, 1.165) is 12.0 Å². The standard InChI is InChI=1S/C11H17N3.C2H6/c1-3-8(2)9-4-6-10(7-5-9)11(12)14-13;1-2/h4-8H,3,13H2,1-2H3,(H2,12,14);1-2H3. The Kier molecular flexibility index (Phi) is 7.01. The zero-order chi connectivity index (χ0) is 12.6. The molecule has 1 aromatic carbocycles. The van der Waals surface area contributed by atoms with Gasteiger partial charge in [0.05, 0.1) is 0 Å². The maximum Gasteiger partial charge on any atom is 0.150 e. The van der Waals surface area contributed by atoms with Crippen molar-refractivity contribution in [2.75, 3.05) is 0 Å². The number of benzene rings is 1. The Morgan fingerprint density at radius 3 is 2.12 bits per heavy atom. The molecule has 3 heteroatoms. The van der Waals surface area contributed by atoms with E-state index in [0.29, 0.717) is 11.8 Å². The Hall–Kier alpha value is -1.51. The van der Waals surface area contributed by atoms with Crippen LogP contribution in [0.2, 0.25) is 0 Å². The Labute approximate surface area is 98.5 Å². The van der Waals surface area contributed by atoms with Gasteiger partial charge in [0.2, 0.25) is 0 Å². The highest BCUT2D eigenvalue weighted by Gasteiger charge is 2.03. The summed E-state index contributed by atoms with van der Waals surface area (Å²) in [6.45, 7) is 8.38. The molecule has 0 aromatic heterocycles. The monoisotopic (exact) mass is 221 g/mol. The van der Waals surface area contributed by atoms with Gasteiger partial charge in [-0.2, -0.15) is 5.10 Å². The van der Waals surface area contributed by atoms with E-state index >= 15 is 0 Å². The molecular weight excluding hydrogens is 198 g/mol. The lowest BCUT2D eigenvalue weighted by molar-refractivity contribution is 0.733. The molecule has 0 aliphatic heterocycles. The van der Waals surface area contributed by atoms with Gasteiger partial charge in [-0.05, 0) is 17.9 Å². The van der Waals surface area contributed by atoms with Gasteiger partial charge in [-0.3, -0.25) is 0 Å². The Morgan fingerprint density at radius 2 is 1.75 bits per heavy atom. The van der Waals surface area contributed by atoms with Gasteiger partial charge in [-0.25, -0.2) is 0 Å². The van der Waals surface area contributed by atoms with Crippen molar-refractivity contribution in [3.05, 3.63) is 35.4 Å². The maximum atomic E-state index is 5.58. The van der Waals surface area contributed by atoms with Gasteiger partial charge in [-0.15, -0.1) is 0 Å². The van der Waals surface area contributed by atoms with Gasteiger partial charge in [0.15, 0.2) is 0 Å². The van der Waals surface area contributed by atoms with Crippen LogP contribution in [0.4, 0.5) is 0 Å². The van der Waals surface area contributed by atoms with Gasteiger partial charge >= 0.3 is 0 Å². The summed E-state index contributed by atoms with van der Waals surface area (Å²) in [5.74, 6) is 6.05. The fourth-order valence-corrected chi connectivity index (χ4v) is 1.29. The molecule has 0 saturated carbocycles. The van der Waals surface area contributed by atoms with Crippen LogP contribution in [0.1, 0.15) is 51.2 Å². The summed E-state index contributed by atoms with van der Waals surface area (Å²) in [6.07, 6.45) is 1.14. The van der Waals surface area contributed by atoms with Gasteiger partial charge in [0.25, 0.3) is 0 Å². The summed E-state index contributed by atoms with van der Waals surface area (Å²) in [7, 11) is 0. The molecule has 0 bridgehead atoms. The van der Waals surface area contributed by atoms with Crippen LogP contribution < -0.4 is 11.6 Å². The van der Waals surface area contributed by atoms with Gasteiger partial charge in [-0.1, -0.05) is 52.0 Å². The van der Waals surface area contributed by atoms with Crippen LogP contribution in [-0.2, 0) is 0 Å². The molecule has 1 atom stereocenters. The van der Waals surface area contributed by atoms with E-state index < -0.39 is 0 Å². The second-order valence-electron chi connectivity index (χ2n) is 3.45. The van der Waals surface area contributed by atoms with Crippen LogP contribution in [0.15, 0.2) is 29.4 Å². The highest BCUT2D eigenvalue weighted by atomic mass is 15.1. The average molecular weight is 221 g/mol. The second kappa shape index (κ2) is 7.74. The zero-order valence-electron chi connectivity index (χ0n) is 10.7. The first-order valence-corrected chi connectivity index (χ1v) is 5.82. The third kappa shape index (κ3) is 3.93. The number of hydrogen-bond donors (Lipinski definition) is 2. The van der Waals surface area contributed by atoms with E-state index in [1.54, 1.807) is 0 Å². The molecule has 0 saturated heterocycles. The van der Waals surface area contributed by atoms with Gasteiger partial charge in [0.1, 0.15) is 5.84 Å². The van der Waals surface area contributed by atoms with Gasteiger partial charge < -0.3 is 11.6 Å². The highest BCUT2D eigenvalue weighted by Crippen LogP contribution is 2.18. The summed E-state index contributed by atoms with van der Waals surface area (Å²) in [5.41, 5.74) is 7.77. The van der Waals surface area contributed by atoms with E-state index in [1.165, 1.54) is 5.56 Å². The molecule has 90 valence electrons. The van der Waals surface area contributed by atoms with Crippen LogP contribution in [0.25, 0.3) is 0 Å². The van der Waals surface area contributed by atoms with Crippen molar-refractivity contribution < 1.29 is 0 Å². The average Bonchev–Trinajstić information content (AvgIpc) is 2.39. The number of hydrogen-bond acceptors (Lipinski definition) is 2. The molecule has 0 spiro atoms. The fraction of sp³-hybridized carbons (Fsp3) is 0.462. The van der Waals surface area contributed by atoms with E-state index in [2.05, 4.69) is 31.1 Å². The van der Waals surface area contributed by atoms with Crippen molar-refractivity contribution in [1.29, 1.82) is 0 Å². The van der Waals surface area contributed by atoms with Crippen molar-refractivity contribution >= 4 is 5.84 Å². The number of nitrogens with two attached hydrogens (primary N) is 2. The van der Waals surface area contributed by atoms with Crippen LogP contribution >= 0.6 is 0 Å². The number of nitrogens with zero attached hydrogens (tertiary/aromatic N) is 1. The van der Waals surface area contributed by atoms with Crippen molar-refractivity contribution in [2.24, 2.45) is 16.7 Å². The zero-order valence-corrected chi connectivity index (χ0v) is 10.7. The second-order valence-corrected chi connectivity index (χ2v) is 3.45. The first kappa shape index (κ1) is 14.5. The topological polar surface area (TPSA) is 64.4 Å². The number of amidine groups is 1. The molecule has 3 nitrogen and oxygen atoms in total. The fourth-order valence-electron chi connectivity index (χ4n) is 1.29. The number of rotatable bonds is 3. The predicted octanol–water partition coefficient (Wildman–Crippen LogP) is 2.81. The van der Waals surface area contributed by atoms with Crippen molar-refractivity contribution in [3.63, 3.8) is 0 Å². The Bertz CT molecular complexity index is 314. The van der Waals surface area contributed by atoms with Crippen LogP contribution in [0.5, 0.6) is 0 Å². The molecule has 16 heavy (non-hydrogen) atoms. The van der Waals surface area contributed by atoms with Crippen molar-refractivity contribution in [3.8, 4) is 0 Å². The third-order valence-electron chi connectivity index (χ3n) is 2.53. The molecule has 0 radical (unpaired) electrons. The van der Waals surface area contributed by atoms with Crippen molar-refractivity contribution in [2.45, 2.75) is 40.0 Å². The first-order chi connectivity index (χ1) is 7.69. The van der Waals surface area contributed by atoms with E-state index in [9.17, 15) is 0 Å². The van der Waals surface area contributed by atoms with Gasteiger partial charge in [0, 0.05) is 5.56 Å². The van der Waals surface area contributed by atoms with Crippen LogP contribution in [0.3, 0.4) is 0 Å². The number of hydrazone groups is 1. The Morgan fingerprint density at radius 1 is 1.25 bits per heavy atom. The summed E-state index contributed by atoms with van der Waals surface area (Å²) in [6, 6.07) is 8.05. The SMILES string of the molecule is CC.CCC(C)c1ccc(/C(N)=N/N)cc1. The largest absolute Gasteiger partial charge is 0.382 e. The normalized spacial score (nSPS) is 12.6. The third-order valence-corrected chi connectivity index (χ3v) is 2.53. The lowest BCUT2D eigenvalue weighted by atomic mass is 9.97. The molecule has 1 rings (SSSR count).